The Balaban J connectivity index is 1.94. The Bertz CT molecular complexity index is 816. The van der Waals surface area contributed by atoms with Crippen LogP contribution in [0.25, 0.3) is 0 Å². The molecule has 2 aliphatic rings. The predicted octanol–water partition coefficient (Wildman–Crippen LogP) is 6.17. The van der Waals surface area contributed by atoms with Crippen molar-refractivity contribution in [1.29, 1.82) is 0 Å². The summed E-state index contributed by atoms with van der Waals surface area (Å²) in [5, 5.41) is 0. The van der Waals surface area contributed by atoms with Gasteiger partial charge in [0.15, 0.2) is 5.78 Å². The normalized spacial score (nSPS) is 25.4. The molecule has 1 unspecified atom stereocenters. The van der Waals surface area contributed by atoms with Crippen LogP contribution < -0.4 is 4.74 Å². The lowest BCUT2D eigenvalue weighted by Gasteiger charge is -2.39. The van der Waals surface area contributed by atoms with Crippen LogP contribution in [-0.4, -0.2) is 21.2 Å². The van der Waals surface area contributed by atoms with Gasteiger partial charge in [-0.15, -0.1) is 0 Å². The van der Waals surface area contributed by atoms with E-state index < -0.39 is 8.32 Å². The number of carbonyl (C=O) groups is 1. The van der Waals surface area contributed by atoms with Gasteiger partial charge in [0.25, 0.3) is 0 Å². The van der Waals surface area contributed by atoms with Gasteiger partial charge in [0.2, 0.25) is 8.32 Å². The molecule has 0 amide bonds. The van der Waals surface area contributed by atoms with Crippen LogP contribution in [0.4, 0.5) is 0 Å². The van der Waals surface area contributed by atoms with E-state index in [-0.39, 0.29) is 17.6 Å². The van der Waals surface area contributed by atoms with Crippen LogP contribution in [0.3, 0.4) is 0 Å². The summed E-state index contributed by atoms with van der Waals surface area (Å²) in [6.07, 6.45) is 3.75. The van der Waals surface area contributed by atoms with Gasteiger partial charge < -0.3 is 9.16 Å². The van der Waals surface area contributed by atoms with Gasteiger partial charge in [-0.3, -0.25) is 4.79 Å². The Labute approximate surface area is 171 Å². The molecule has 0 saturated heterocycles. The van der Waals surface area contributed by atoms with Crippen LogP contribution in [0.5, 0.6) is 5.75 Å². The lowest BCUT2D eigenvalue weighted by molar-refractivity contribution is 0.0842. The van der Waals surface area contributed by atoms with Crippen LogP contribution in [0.15, 0.2) is 41.7 Å². The van der Waals surface area contributed by atoms with Crippen LogP contribution in [0, 0.1) is 17.8 Å². The van der Waals surface area contributed by atoms with Gasteiger partial charge >= 0.3 is 0 Å². The summed E-state index contributed by atoms with van der Waals surface area (Å²) in [6.45, 7) is 15.2. The Morgan fingerprint density at radius 3 is 2.54 bits per heavy atom. The number of rotatable bonds is 5. The molecular weight excluding hydrogens is 364 g/mol. The smallest absolute Gasteiger partial charge is 0.241 e. The number of hydrogen-bond acceptors (Lipinski definition) is 3. The zero-order chi connectivity index (χ0) is 20.6. The van der Waals surface area contributed by atoms with E-state index >= 15 is 0 Å². The molecule has 0 heterocycles. The highest BCUT2D eigenvalue weighted by molar-refractivity contribution is 6.70. The fourth-order valence-corrected chi connectivity index (χ4v) is 5.64. The average Bonchev–Trinajstić information content (AvgIpc) is 2.62. The van der Waals surface area contributed by atoms with Crippen molar-refractivity contribution in [3.63, 3.8) is 0 Å². The quantitative estimate of drug-likeness (QED) is 0.439. The summed E-state index contributed by atoms with van der Waals surface area (Å²) < 4.78 is 11.8. The van der Waals surface area contributed by atoms with E-state index in [1.54, 1.807) is 7.11 Å². The number of aryl methyl sites for hydroxylation is 1. The molecule has 0 N–H and O–H groups in total. The number of allylic oxidation sites excluding steroid dienone is 3. The fourth-order valence-electron chi connectivity index (χ4n) is 4.66. The molecule has 0 radical (unpaired) electrons. The maximum atomic E-state index is 13.4. The highest BCUT2D eigenvalue weighted by Gasteiger charge is 2.40. The summed E-state index contributed by atoms with van der Waals surface area (Å²) in [5.74, 6) is 2.89. The zero-order valence-corrected chi connectivity index (χ0v) is 19.2. The Kier molecular flexibility index (Phi) is 5.90. The van der Waals surface area contributed by atoms with Crippen molar-refractivity contribution in [2.75, 3.05) is 7.11 Å². The highest BCUT2D eigenvalue weighted by Crippen LogP contribution is 2.45. The van der Waals surface area contributed by atoms with Crippen LogP contribution in [0.1, 0.15) is 49.0 Å². The molecule has 0 aliphatic heterocycles. The molecular formula is C24H34O3Si. The summed E-state index contributed by atoms with van der Waals surface area (Å²) in [4.78, 5) is 13.4. The first-order valence-corrected chi connectivity index (χ1v) is 13.8. The second kappa shape index (κ2) is 7.90. The summed E-state index contributed by atoms with van der Waals surface area (Å²) >= 11 is 0. The van der Waals surface area contributed by atoms with Crippen LogP contribution >= 0.6 is 0 Å². The molecule has 4 heteroatoms. The van der Waals surface area contributed by atoms with Gasteiger partial charge in [-0.1, -0.05) is 12.2 Å². The molecule has 3 rings (SSSR count). The molecule has 0 spiro atoms. The molecule has 1 aromatic rings. The van der Waals surface area contributed by atoms with E-state index in [9.17, 15) is 4.79 Å². The minimum absolute atomic E-state index is 0.0308. The van der Waals surface area contributed by atoms with Crippen molar-refractivity contribution >= 4 is 14.1 Å². The van der Waals surface area contributed by atoms with E-state index in [2.05, 4.69) is 40.1 Å². The molecule has 0 fully saturated rings. The maximum Gasteiger partial charge on any atom is 0.241 e. The first kappa shape index (κ1) is 20.9. The molecule has 0 aromatic heterocycles. The number of hydrogen-bond donors (Lipinski definition) is 0. The summed E-state index contributed by atoms with van der Waals surface area (Å²) in [5.41, 5.74) is 4.47. The summed E-state index contributed by atoms with van der Waals surface area (Å²) in [7, 11) is -0.0316. The highest BCUT2D eigenvalue weighted by atomic mass is 28.4. The maximum absolute atomic E-state index is 13.4. The average molecular weight is 399 g/mol. The second-order valence-corrected chi connectivity index (χ2v) is 13.9. The van der Waals surface area contributed by atoms with Crippen molar-refractivity contribution in [1.82, 2.24) is 0 Å². The standard InChI is InChI=1S/C24H34O3Si/c1-15(2)18-13-22(16(3)23(14-18)27-28(5,6)7)21-10-8-17-12-19(26-4)9-11-20(17)24(21)25/h9,11-12,18,21-22H,1,8,10,13-14H2,2-7H3/t18-,21?,22-/m1/s1. The predicted molar refractivity (Wildman–Crippen MR) is 117 cm³/mol. The van der Waals surface area contributed by atoms with E-state index in [1.165, 1.54) is 11.1 Å². The number of benzene rings is 1. The SMILES string of the molecule is C=C(C)[C@H]1CC(O[Si](C)(C)C)=C(C)[C@H](C2CCc3cc(OC)ccc3C2=O)C1. The number of ether oxygens (including phenoxy) is 1. The third-order valence-electron chi connectivity index (χ3n) is 6.22. The van der Waals surface area contributed by atoms with Crippen molar-refractivity contribution < 1.29 is 14.0 Å². The van der Waals surface area contributed by atoms with Gasteiger partial charge in [0.05, 0.1) is 12.9 Å². The monoisotopic (exact) mass is 398 g/mol. The van der Waals surface area contributed by atoms with Gasteiger partial charge in [0.1, 0.15) is 5.75 Å². The van der Waals surface area contributed by atoms with Crippen LogP contribution in [-0.2, 0) is 10.8 Å². The molecule has 28 heavy (non-hydrogen) atoms. The zero-order valence-electron chi connectivity index (χ0n) is 18.2. The lowest BCUT2D eigenvalue weighted by atomic mass is 9.67. The van der Waals surface area contributed by atoms with E-state index in [0.717, 1.165) is 48.3 Å². The minimum Gasteiger partial charge on any atom is -0.547 e. The minimum atomic E-state index is -1.70. The molecule has 3 nitrogen and oxygen atoms in total. The number of carbonyl (C=O) groups excluding carboxylic acids is 1. The van der Waals surface area contributed by atoms with Gasteiger partial charge in [-0.05, 0) is 93.9 Å². The van der Waals surface area contributed by atoms with Gasteiger partial charge in [0, 0.05) is 17.9 Å². The first-order valence-electron chi connectivity index (χ1n) is 10.4. The van der Waals surface area contributed by atoms with Crippen molar-refractivity contribution in [2.45, 2.75) is 59.2 Å². The number of methoxy groups -OCH3 is 1. The number of ketones is 1. The molecule has 0 bridgehead atoms. The fraction of sp³-hybridized carbons (Fsp3) is 0.542. The van der Waals surface area contributed by atoms with E-state index in [1.807, 2.05) is 18.2 Å². The van der Waals surface area contributed by atoms with Crippen molar-refractivity contribution in [3.8, 4) is 5.75 Å². The van der Waals surface area contributed by atoms with Gasteiger partial charge in [-0.25, -0.2) is 0 Å². The number of fused-ring (bicyclic) bond motifs is 1. The summed E-state index contributed by atoms with van der Waals surface area (Å²) in [6, 6.07) is 5.86. The second-order valence-electron chi connectivity index (χ2n) is 9.44. The van der Waals surface area contributed by atoms with Crippen LogP contribution in [0.2, 0.25) is 19.6 Å². The Morgan fingerprint density at radius 2 is 1.93 bits per heavy atom. The van der Waals surface area contributed by atoms with E-state index in [4.69, 9.17) is 9.16 Å². The molecule has 0 saturated carbocycles. The largest absolute Gasteiger partial charge is 0.547 e. The molecule has 3 atom stereocenters. The number of Topliss-reactive ketones (excluding diaryl/α,β-unsaturated/α-hetero) is 1. The van der Waals surface area contributed by atoms with Gasteiger partial charge in [-0.2, -0.15) is 0 Å². The molecule has 152 valence electrons. The van der Waals surface area contributed by atoms with Crippen molar-refractivity contribution in [2.24, 2.45) is 17.8 Å². The Hall–Kier alpha value is -1.81. The lowest BCUT2D eigenvalue weighted by Crippen LogP contribution is -2.35. The first-order chi connectivity index (χ1) is 13.1. The third-order valence-corrected chi connectivity index (χ3v) is 7.08. The molecule has 1 aromatic carbocycles. The topological polar surface area (TPSA) is 35.5 Å². The third kappa shape index (κ3) is 4.27. The van der Waals surface area contributed by atoms with E-state index in [0.29, 0.717) is 5.92 Å². The molecule has 2 aliphatic carbocycles. The Morgan fingerprint density at radius 1 is 1.21 bits per heavy atom. The van der Waals surface area contributed by atoms with Crippen molar-refractivity contribution in [3.05, 3.63) is 52.8 Å².